The summed E-state index contributed by atoms with van der Waals surface area (Å²) in [5, 5.41) is 1.02. The molecule has 0 nitrogen and oxygen atoms in total. The lowest BCUT2D eigenvalue weighted by molar-refractivity contribution is 0.605. The van der Waals surface area contributed by atoms with Crippen LogP contribution in [-0.2, 0) is 5.41 Å². The summed E-state index contributed by atoms with van der Waals surface area (Å²) in [5.74, 6) is 0. The zero-order valence-electron chi connectivity index (χ0n) is 8.07. The third-order valence-corrected chi connectivity index (χ3v) is 4.47. The second kappa shape index (κ2) is 3.51. The maximum Gasteiger partial charge on any atom is 0.0124 e. The minimum atomic E-state index is 0.273. The molecule has 0 fully saturated rings. The van der Waals surface area contributed by atoms with E-state index in [2.05, 4.69) is 49.7 Å². The van der Waals surface area contributed by atoms with Crippen molar-refractivity contribution in [2.24, 2.45) is 0 Å². The van der Waals surface area contributed by atoms with Gasteiger partial charge in [0.1, 0.15) is 0 Å². The number of hydrogen-bond donors (Lipinski definition) is 0. The molecule has 68 valence electrons. The van der Waals surface area contributed by atoms with Crippen LogP contribution in [0.4, 0.5) is 0 Å². The van der Waals surface area contributed by atoms with Gasteiger partial charge in [0.15, 0.2) is 0 Å². The van der Waals surface area contributed by atoms with Crippen LogP contribution in [0.1, 0.15) is 29.2 Å². The van der Waals surface area contributed by atoms with Crippen LogP contribution in [0.2, 0.25) is 0 Å². The first-order valence-corrected chi connectivity index (χ1v) is 6.04. The van der Waals surface area contributed by atoms with Gasteiger partial charge in [0.2, 0.25) is 0 Å². The second-order valence-corrected chi connectivity index (χ2v) is 5.87. The largest absolute Gasteiger partial charge is 0.146 e. The van der Waals surface area contributed by atoms with Crippen molar-refractivity contribution < 1.29 is 0 Å². The highest BCUT2D eigenvalue weighted by molar-refractivity contribution is 9.09. The van der Waals surface area contributed by atoms with Gasteiger partial charge in [-0.15, -0.1) is 11.3 Å². The Hall–Kier alpha value is 0.180. The van der Waals surface area contributed by atoms with Gasteiger partial charge in [-0.2, -0.15) is 0 Å². The van der Waals surface area contributed by atoms with Gasteiger partial charge in [0, 0.05) is 20.5 Å². The Bertz CT molecular complexity index is 273. The van der Waals surface area contributed by atoms with Gasteiger partial charge in [-0.05, 0) is 25.5 Å². The highest BCUT2D eigenvalue weighted by atomic mass is 79.9. The number of halogens is 1. The number of rotatable bonds is 2. The van der Waals surface area contributed by atoms with Crippen LogP contribution in [0.15, 0.2) is 6.07 Å². The van der Waals surface area contributed by atoms with E-state index < -0.39 is 0 Å². The Labute approximate surface area is 87.1 Å². The third kappa shape index (κ3) is 1.91. The molecule has 0 amide bonds. The standard InChI is InChI=1S/C10H15BrS/c1-7-5-9(8(2)12-7)10(3,4)6-11/h5H,6H2,1-4H3. The molecular weight excluding hydrogens is 232 g/mol. The van der Waals surface area contributed by atoms with E-state index in [-0.39, 0.29) is 5.41 Å². The van der Waals surface area contributed by atoms with E-state index in [1.807, 2.05) is 11.3 Å². The summed E-state index contributed by atoms with van der Waals surface area (Å²) < 4.78 is 0. The summed E-state index contributed by atoms with van der Waals surface area (Å²) in [6.45, 7) is 8.93. The Morgan fingerprint density at radius 2 is 2.00 bits per heavy atom. The molecule has 12 heavy (non-hydrogen) atoms. The molecule has 0 aliphatic rings. The van der Waals surface area contributed by atoms with Gasteiger partial charge in [-0.25, -0.2) is 0 Å². The van der Waals surface area contributed by atoms with Crippen LogP contribution < -0.4 is 0 Å². The molecule has 0 aliphatic heterocycles. The van der Waals surface area contributed by atoms with Gasteiger partial charge in [-0.1, -0.05) is 29.8 Å². The minimum Gasteiger partial charge on any atom is -0.146 e. The van der Waals surface area contributed by atoms with E-state index >= 15 is 0 Å². The second-order valence-electron chi connectivity index (χ2n) is 3.84. The number of alkyl halides is 1. The fraction of sp³-hybridized carbons (Fsp3) is 0.600. The Kier molecular flexibility index (Phi) is 3.00. The molecule has 0 spiro atoms. The first-order chi connectivity index (χ1) is 5.47. The average molecular weight is 247 g/mol. The van der Waals surface area contributed by atoms with Crippen molar-refractivity contribution in [1.29, 1.82) is 0 Å². The molecule has 1 aromatic heterocycles. The first-order valence-electron chi connectivity index (χ1n) is 4.11. The van der Waals surface area contributed by atoms with Gasteiger partial charge in [0.05, 0.1) is 0 Å². The van der Waals surface area contributed by atoms with Crippen LogP contribution in [0, 0.1) is 13.8 Å². The van der Waals surface area contributed by atoms with Crippen LogP contribution >= 0.6 is 27.3 Å². The monoisotopic (exact) mass is 246 g/mol. The average Bonchev–Trinajstić information content (AvgIpc) is 2.31. The molecule has 0 saturated heterocycles. The van der Waals surface area contributed by atoms with E-state index in [1.54, 1.807) is 0 Å². The smallest absolute Gasteiger partial charge is 0.0124 e. The number of aryl methyl sites for hydroxylation is 2. The summed E-state index contributed by atoms with van der Waals surface area (Å²) in [6, 6.07) is 2.31. The lowest BCUT2D eigenvalue weighted by atomic mass is 9.87. The summed E-state index contributed by atoms with van der Waals surface area (Å²) in [4.78, 5) is 2.87. The summed E-state index contributed by atoms with van der Waals surface area (Å²) in [5.41, 5.74) is 1.76. The van der Waals surface area contributed by atoms with Crippen LogP contribution in [0.5, 0.6) is 0 Å². The fourth-order valence-corrected chi connectivity index (χ4v) is 2.78. The molecule has 0 aliphatic carbocycles. The first kappa shape index (κ1) is 10.3. The topological polar surface area (TPSA) is 0 Å². The van der Waals surface area contributed by atoms with Crippen molar-refractivity contribution in [1.82, 2.24) is 0 Å². The zero-order valence-corrected chi connectivity index (χ0v) is 10.5. The molecule has 0 saturated carbocycles. The Balaban J connectivity index is 3.09. The van der Waals surface area contributed by atoms with Crippen molar-refractivity contribution in [3.05, 3.63) is 21.4 Å². The van der Waals surface area contributed by atoms with Crippen LogP contribution in [0.25, 0.3) is 0 Å². The maximum atomic E-state index is 3.56. The lowest BCUT2D eigenvalue weighted by Crippen LogP contribution is -2.18. The Morgan fingerprint density at radius 1 is 1.42 bits per heavy atom. The highest BCUT2D eigenvalue weighted by Gasteiger charge is 2.22. The van der Waals surface area contributed by atoms with Gasteiger partial charge < -0.3 is 0 Å². The quantitative estimate of drug-likeness (QED) is 0.692. The zero-order chi connectivity index (χ0) is 9.35. The molecule has 2 heteroatoms. The summed E-state index contributed by atoms with van der Waals surface area (Å²) >= 11 is 5.45. The van der Waals surface area contributed by atoms with Crippen LogP contribution in [-0.4, -0.2) is 5.33 Å². The van der Waals surface area contributed by atoms with E-state index in [0.29, 0.717) is 0 Å². The number of hydrogen-bond acceptors (Lipinski definition) is 1. The van der Waals surface area contributed by atoms with Crippen LogP contribution in [0.3, 0.4) is 0 Å². The normalized spacial score (nSPS) is 12.1. The van der Waals surface area contributed by atoms with Gasteiger partial charge in [0.25, 0.3) is 0 Å². The highest BCUT2D eigenvalue weighted by Crippen LogP contribution is 2.33. The van der Waals surface area contributed by atoms with Crippen molar-refractivity contribution in [3.63, 3.8) is 0 Å². The molecule has 0 unspecified atom stereocenters. The number of thiophene rings is 1. The molecule has 0 bridgehead atoms. The predicted octanol–water partition coefficient (Wildman–Crippen LogP) is 4.04. The van der Waals surface area contributed by atoms with E-state index in [0.717, 1.165) is 5.33 Å². The Morgan fingerprint density at radius 3 is 2.33 bits per heavy atom. The summed E-state index contributed by atoms with van der Waals surface area (Å²) in [7, 11) is 0. The molecule has 0 radical (unpaired) electrons. The molecule has 1 rings (SSSR count). The van der Waals surface area contributed by atoms with E-state index in [9.17, 15) is 0 Å². The molecule has 0 N–H and O–H groups in total. The molecule has 0 atom stereocenters. The van der Waals surface area contributed by atoms with E-state index in [1.165, 1.54) is 15.3 Å². The van der Waals surface area contributed by atoms with Crippen molar-refractivity contribution in [2.45, 2.75) is 33.1 Å². The third-order valence-electron chi connectivity index (χ3n) is 2.10. The fourth-order valence-electron chi connectivity index (χ4n) is 1.37. The van der Waals surface area contributed by atoms with Gasteiger partial charge in [-0.3, -0.25) is 0 Å². The van der Waals surface area contributed by atoms with Crippen molar-refractivity contribution in [2.75, 3.05) is 5.33 Å². The van der Waals surface area contributed by atoms with Gasteiger partial charge >= 0.3 is 0 Å². The summed E-state index contributed by atoms with van der Waals surface area (Å²) in [6.07, 6.45) is 0. The lowest BCUT2D eigenvalue weighted by Gasteiger charge is -2.21. The predicted molar refractivity (Wildman–Crippen MR) is 60.6 cm³/mol. The molecular formula is C10H15BrS. The van der Waals surface area contributed by atoms with Crippen molar-refractivity contribution >= 4 is 27.3 Å². The maximum absolute atomic E-state index is 3.56. The molecule has 1 aromatic rings. The minimum absolute atomic E-state index is 0.273. The van der Waals surface area contributed by atoms with E-state index in [4.69, 9.17) is 0 Å². The molecule has 1 heterocycles. The SMILES string of the molecule is Cc1cc(C(C)(C)CBr)c(C)s1. The van der Waals surface area contributed by atoms with Crippen molar-refractivity contribution in [3.8, 4) is 0 Å². The molecule has 0 aromatic carbocycles.